The van der Waals surface area contributed by atoms with Gasteiger partial charge in [-0.25, -0.2) is 13.7 Å². The number of carbonyl (C=O) groups excluding carboxylic acids is 2. The van der Waals surface area contributed by atoms with Gasteiger partial charge in [0, 0.05) is 18.2 Å². The quantitative estimate of drug-likeness (QED) is 0.369. The molecule has 1 heterocycles. The second-order valence-electron chi connectivity index (χ2n) is 6.11. The van der Waals surface area contributed by atoms with Crippen molar-refractivity contribution in [1.29, 1.82) is 0 Å². The summed E-state index contributed by atoms with van der Waals surface area (Å²) in [6, 6.07) is 11.9. The molecule has 3 aromatic rings. The molecule has 0 fully saturated rings. The minimum absolute atomic E-state index is 0.108. The molecule has 0 spiro atoms. The third-order valence-electron chi connectivity index (χ3n) is 4.26. The summed E-state index contributed by atoms with van der Waals surface area (Å²) in [6.45, 7) is 0. The first-order valence-corrected chi connectivity index (χ1v) is 8.25. The van der Waals surface area contributed by atoms with Gasteiger partial charge in [0.1, 0.15) is 11.6 Å². The zero-order valence-corrected chi connectivity index (χ0v) is 14.5. The maximum absolute atomic E-state index is 13.9. The van der Waals surface area contributed by atoms with E-state index in [0.29, 0.717) is 6.07 Å². The van der Waals surface area contributed by atoms with E-state index in [2.05, 4.69) is 0 Å². The van der Waals surface area contributed by atoms with E-state index in [-0.39, 0.29) is 28.3 Å². The third kappa shape index (κ3) is 3.18. The number of nitrogens with zero attached hydrogens (tertiary/aromatic N) is 2. The number of rotatable bonds is 4. The summed E-state index contributed by atoms with van der Waals surface area (Å²) in [6.07, 6.45) is 0. The van der Waals surface area contributed by atoms with Crippen molar-refractivity contribution < 1.29 is 28.0 Å². The first kappa shape index (κ1) is 18.2. The number of hydrogen-bond acceptors (Lipinski definition) is 5. The number of nitro groups is 1. The van der Waals surface area contributed by atoms with E-state index in [9.17, 15) is 28.5 Å². The van der Waals surface area contributed by atoms with Gasteiger partial charge in [-0.3, -0.25) is 19.7 Å². The van der Waals surface area contributed by atoms with Crippen LogP contribution in [0.4, 0.5) is 20.2 Å². The van der Waals surface area contributed by atoms with Gasteiger partial charge in [0.2, 0.25) is 0 Å². The third-order valence-corrected chi connectivity index (χ3v) is 4.26. The number of anilines is 1. The van der Waals surface area contributed by atoms with Crippen LogP contribution in [-0.2, 0) is 0 Å². The number of halogens is 2. The van der Waals surface area contributed by atoms with Crippen LogP contribution >= 0.6 is 0 Å². The van der Waals surface area contributed by atoms with Crippen molar-refractivity contribution in [3.63, 3.8) is 0 Å². The molecule has 2 amide bonds. The number of nitro benzene ring substituents is 1. The Balaban J connectivity index is 1.78. The number of non-ortho nitro benzene ring substituents is 1. The van der Waals surface area contributed by atoms with E-state index in [0.717, 1.165) is 29.2 Å². The molecule has 0 radical (unpaired) electrons. The lowest BCUT2D eigenvalue weighted by molar-refractivity contribution is -0.384. The van der Waals surface area contributed by atoms with Crippen LogP contribution in [0.3, 0.4) is 0 Å². The summed E-state index contributed by atoms with van der Waals surface area (Å²) < 4.78 is 32.3. The van der Waals surface area contributed by atoms with Crippen LogP contribution in [0.15, 0.2) is 60.7 Å². The fourth-order valence-electron chi connectivity index (χ4n) is 2.97. The Bertz CT molecular complexity index is 1160. The van der Waals surface area contributed by atoms with Gasteiger partial charge < -0.3 is 4.74 Å². The zero-order valence-electron chi connectivity index (χ0n) is 14.5. The molecule has 144 valence electrons. The fourth-order valence-corrected chi connectivity index (χ4v) is 2.97. The number of hydrogen-bond donors (Lipinski definition) is 0. The zero-order chi connectivity index (χ0) is 20.7. The Morgan fingerprint density at radius 3 is 2.14 bits per heavy atom. The molecule has 29 heavy (non-hydrogen) atoms. The average molecular weight is 396 g/mol. The van der Waals surface area contributed by atoms with Crippen molar-refractivity contribution in [2.24, 2.45) is 0 Å². The van der Waals surface area contributed by atoms with E-state index in [1.165, 1.54) is 18.2 Å². The molecule has 0 saturated carbocycles. The Labute approximate surface area is 161 Å². The smallest absolute Gasteiger partial charge is 0.275 e. The molecule has 0 unspecified atom stereocenters. The predicted molar refractivity (Wildman–Crippen MR) is 97.1 cm³/mol. The summed E-state index contributed by atoms with van der Waals surface area (Å²) in [5, 5.41) is 11.3. The molecule has 0 bridgehead atoms. The lowest BCUT2D eigenvalue weighted by atomic mass is 10.1. The molecule has 9 heteroatoms. The van der Waals surface area contributed by atoms with Crippen molar-refractivity contribution in [2.75, 3.05) is 4.90 Å². The molecule has 0 saturated heterocycles. The van der Waals surface area contributed by atoms with Crippen LogP contribution in [0.1, 0.15) is 20.7 Å². The Morgan fingerprint density at radius 2 is 1.55 bits per heavy atom. The SMILES string of the molecule is O=C1c2ccccc2C(=O)N1c1cc(Oc2ccc(F)cc2F)cc([N+](=O)[O-])c1. The number of benzene rings is 3. The van der Waals surface area contributed by atoms with Crippen molar-refractivity contribution in [3.05, 3.63) is 93.5 Å². The second kappa shape index (κ2) is 6.79. The van der Waals surface area contributed by atoms with Crippen molar-refractivity contribution in [3.8, 4) is 11.5 Å². The van der Waals surface area contributed by atoms with Gasteiger partial charge >= 0.3 is 0 Å². The van der Waals surface area contributed by atoms with Crippen molar-refractivity contribution >= 4 is 23.2 Å². The van der Waals surface area contributed by atoms with E-state index in [4.69, 9.17) is 4.74 Å². The van der Waals surface area contributed by atoms with Gasteiger partial charge in [0.05, 0.1) is 27.8 Å². The van der Waals surface area contributed by atoms with Crippen molar-refractivity contribution in [2.45, 2.75) is 0 Å². The lowest BCUT2D eigenvalue weighted by Gasteiger charge is -2.15. The van der Waals surface area contributed by atoms with Gasteiger partial charge in [-0.1, -0.05) is 12.1 Å². The maximum Gasteiger partial charge on any atom is 0.275 e. The molecular weight excluding hydrogens is 386 g/mol. The molecule has 7 nitrogen and oxygen atoms in total. The highest BCUT2D eigenvalue weighted by atomic mass is 19.1. The Kier molecular flexibility index (Phi) is 4.27. The van der Waals surface area contributed by atoms with Gasteiger partial charge in [-0.2, -0.15) is 0 Å². The number of fused-ring (bicyclic) bond motifs is 1. The van der Waals surface area contributed by atoms with Crippen LogP contribution in [0, 0.1) is 21.7 Å². The average Bonchev–Trinajstić information content (AvgIpc) is 2.95. The summed E-state index contributed by atoms with van der Waals surface area (Å²) in [7, 11) is 0. The predicted octanol–water partition coefficient (Wildman–Crippen LogP) is 4.47. The number of imide groups is 1. The first-order valence-electron chi connectivity index (χ1n) is 8.25. The van der Waals surface area contributed by atoms with Gasteiger partial charge in [-0.05, 0) is 24.3 Å². The lowest BCUT2D eigenvalue weighted by Crippen LogP contribution is -2.29. The Morgan fingerprint density at radius 1 is 0.897 bits per heavy atom. The number of amides is 2. The molecular formula is C20H10F2N2O5. The van der Waals surface area contributed by atoms with E-state index >= 15 is 0 Å². The molecule has 0 aliphatic carbocycles. The Hall–Kier alpha value is -4.14. The molecule has 0 aromatic heterocycles. The highest BCUT2D eigenvalue weighted by molar-refractivity contribution is 6.34. The van der Waals surface area contributed by atoms with Gasteiger partial charge in [-0.15, -0.1) is 0 Å². The highest BCUT2D eigenvalue weighted by Crippen LogP contribution is 2.36. The topological polar surface area (TPSA) is 89.8 Å². The first-order chi connectivity index (χ1) is 13.8. The summed E-state index contributed by atoms with van der Waals surface area (Å²) >= 11 is 0. The van der Waals surface area contributed by atoms with Crippen LogP contribution in [0.2, 0.25) is 0 Å². The summed E-state index contributed by atoms with van der Waals surface area (Å²) in [5.41, 5.74) is -0.258. The minimum Gasteiger partial charge on any atom is -0.454 e. The largest absolute Gasteiger partial charge is 0.454 e. The summed E-state index contributed by atoms with van der Waals surface area (Å²) in [4.78, 5) is 36.6. The maximum atomic E-state index is 13.9. The number of carbonyl (C=O) groups is 2. The van der Waals surface area contributed by atoms with Crippen LogP contribution in [0.5, 0.6) is 11.5 Å². The fraction of sp³-hybridized carbons (Fsp3) is 0. The normalized spacial score (nSPS) is 12.8. The van der Waals surface area contributed by atoms with Crippen LogP contribution < -0.4 is 9.64 Å². The molecule has 0 N–H and O–H groups in total. The van der Waals surface area contributed by atoms with Crippen molar-refractivity contribution in [1.82, 2.24) is 0 Å². The molecule has 1 aliphatic rings. The monoisotopic (exact) mass is 396 g/mol. The standard InChI is InChI=1S/C20H10F2N2O5/c21-11-5-6-18(17(22)7-11)29-14-9-12(8-13(10-14)24(27)28)23-19(25)15-3-1-2-4-16(15)20(23)26/h1-10H. The molecule has 1 aliphatic heterocycles. The molecule has 3 aromatic carbocycles. The number of ether oxygens (including phenoxy) is 1. The van der Waals surface area contributed by atoms with Gasteiger partial charge in [0.15, 0.2) is 11.6 Å². The van der Waals surface area contributed by atoms with E-state index in [1.54, 1.807) is 12.1 Å². The van der Waals surface area contributed by atoms with E-state index < -0.39 is 34.1 Å². The molecule has 0 atom stereocenters. The second-order valence-corrected chi connectivity index (χ2v) is 6.11. The highest BCUT2D eigenvalue weighted by Gasteiger charge is 2.37. The molecule has 4 rings (SSSR count). The summed E-state index contributed by atoms with van der Waals surface area (Å²) in [5.74, 6) is -3.70. The van der Waals surface area contributed by atoms with Gasteiger partial charge in [0.25, 0.3) is 17.5 Å². The van der Waals surface area contributed by atoms with Crippen LogP contribution in [-0.4, -0.2) is 16.7 Å². The minimum atomic E-state index is -1.02. The van der Waals surface area contributed by atoms with Crippen LogP contribution in [0.25, 0.3) is 0 Å². The van der Waals surface area contributed by atoms with E-state index in [1.807, 2.05) is 0 Å².